The van der Waals surface area contributed by atoms with Crippen LogP contribution < -0.4 is 5.56 Å². The second-order valence-corrected chi connectivity index (χ2v) is 6.08. The molecule has 2 heterocycles. The Labute approximate surface area is 140 Å². The average Bonchev–Trinajstić information content (AvgIpc) is 3.00. The molecule has 0 atom stereocenters. The highest BCUT2D eigenvalue weighted by molar-refractivity contribution is 5.81. The molecule has 0 saturated heterocycles. The number of nitrogens with one attached hydrogen (secondary N) is 1. The van der Waals surface area contributed by atoms with Crippen LogP contribution in [0.5, 0.6) is 0 Å². The first-order valence-electron chi connectivity index (χ1n) is 8.05. The van der Waals surface area contributed by atoms with E-state index in [2.05, 4.69) is 36.2 Å². The number of aromatic nitrogens is 2. The minimum absolute atomic E-state index is 0.0153. The molecule has 0 bridgehead atoms. The molecule has 4 aromatic rings. The van der Waals surface area contributed by atoms with Gasteiger partial charge in [0.15, 0.2) is 0 Å². The van der Waals surface area contributed by atoms with Gasteiger partial charge in [0.1, 0.15) is 0 Å². The lowest BCUT2D eigenvalue weighted by Crippen LogP contribution is -2.17. The summed E-state index contributed by atoms with van der Waals surface area (Å²) in [6.07, 6.45) is 2.79. The normalized spacial score (nSPS) is 11.0. The van der Waals surface area contributed by atoms with Crippen LogP contribution in [0, 0.1) is 6.92 Å². The van der Waals surface area contributed by atoms with Gasteiger partial charge in [0.05, 0.1) is 11.0 Å². The van der Waals surface area contributed by atoms with Gasteiger partial charge in [-0.1, -0.05) is 48.0 Å². The quantitative estimate of drug-likeness (QED) is 0.604. The molecular formula is C21H18N2O. The highest BCUT2D eigenvalue weighted by Gasteiger charge is 2.12. The molecule has 3 heteroatoms. The van der Waals surface area contributed by atoms with Gasteiger partial charge in [-0.05, 0) is 36.2 Å². The van der Waals surface area contributed by atoms with Crippen molar-refractivity contribution in [2.75, 3.05) is 0 Å². The molecular weight excluding hydrogens is 296 g/mol. The predicted molar refractivity (Wildman–Crippen MR) is 97.9 cm³/mol. The molecule has 0 aliphatic heterocycles. The van der Waals surface area contributed by atoms with Crippen molar-refractivity contribution in [3.05, 3.63) is 100.0 Å². The first kappa shape index (κ1) is 14.5. The fourth-order valence-electron chi connectivity index (χ4n) is 3.10. The molecule has 0 aliphatic carbocycles. The van der Waals surface area contributed by atoms with Gasteiger partial charge in [-0.3, -0.25) is 9.36 Å². The maximum absolute atomic E-state index is 12.5. The van der Waals surface area contributed by atoms with Crippen LogP contribution in [0.2, 0.25) is 0 Å². The number of nitrogens with zero attached hydrogens (tertiary/aromatic N) is 1. The third-order valence-corrected chi connectivity index (χ3v) is 4.33. The third-order valence-electron chi connectivity index (χ3n) is 4.33. The number of pyridine rings is 1. The lowest BCUT2D eigenvalue weighted by atomic mass is 10.0. The molecule has 0 unspecified atom stereocenters. The Morgan fingerprint density at radius 3 is 2.42 bits per heavy atom. The van der Waals surface area contributed by atoms with E-state index in [0.29, 0.717) is 0 Å². The highest BCUT2D eigenvalue weighted by Crippen LogP contribution is 2.22. The van der Waals surface area contributed by atoms with Crippen LogP contribution in [0.3, 0.4) is 0 Å². The van der Waals surface area contributed by atoms with Gasteiger partial charge in [0.25, 0.3) is 5.56 Å². The summed E-state index contributed by atoms with van der Waals surface area (Å²) in [7, 11) is 0. The molecule has 4 rings (SSSR count). The minimum Gasteiger partial charge on any atom is -0.360 e. The molecule has 2 aromatic carbocycles. The number of hydrogen-bond acceptors (Lipinski definition) is 1. The van der Waals surface area contributed by atoms with Crippen molar-refractivity contribution in [1.29, 1.82) is 0 Å². The number of fused-ring (bicyclic) bond motifs is 1. The fourth-order valence-corrected chi connectivity index (χ4v) is 3.10. The fraction of sp³-hybridized carbons (Fsp3) is 0.0952. The Bertz CT molecular complexity index is 1040. The zero-order chi connectivity index (χ0) is 16.5. The molecule has 0 radical (unpaired) electrons. The maximum Gasteiger partial charge on any atom is 0.255 e. The Kier molecular flexibility index (Phi) is 3.54. The van der Waals surface area contributed by atoms with Crippen LogP contribution in [0.1, 0.15) is 16.7 Å². The van der Waals surface area contributed by atoms with E-state index in [0.717, 1.165) is 28.7 Å². The van der Waals surface area contributed by atoms with Crippen LogP contribution in [-0.2, 0) is 6.42 Å². The van der Waals surface area contributed by atoms with Crippen molar-refractivity contribution >= 4 is 11.0 Å². The average molecular weight is 314 g/mol. The molecule has 3 nitrogen and oxygen atoms in total. The van der Waals surface area contributed by atoms with E-state index in [-0.39, 0.29) is 5.56 Å². The number of aromatic amines is 1. The molecule has 24 heavy (non-hydrogen) atoms. The number of hydrogen-bond donors (Lipinski definition) is 1. The highest BCUT2D eigenvalue weighted by atomic mass is 16.1. The Hall–Kier alpha value is -3.07. The van der Waals surface area contributed by atoms with E-state index >= 15 is 0 Å². The van der Waals surface area contributed by atoms with Gasteiger partial charge in [-0.2, -0.15) is 0 Å². The van der Waals surface area contributed by atoms with Crippen LogP contribution in [-0.4, -0.2) is 9.55 Å². The molecule has 0 aliphatic rings. The first-order valence-corrected chi connectivity index (χ1v) is 8.05. The van der Waals surface area contributed by atoms with Crippen LogP contribution in [0.25, 0.3) is 16.7 Å². The van der Waals surface area contributed by atoms with E-state index in [1.165, 1.54) is 11.1 Å². The van der Waals surface area contributed by atoms with Crippen molar-refractivity contribution in [3.63, 3.8) is 0 Å². The standard InChI is InChI=1S/C21H18N2O/c1-15-7-9-16(10-8-15)13-17-14-22-19-11-12-20(24)23(21(17)19)18-5-3-2-4-6-18/h2-12,14,22H,13H2,1H3. The lowest BCUT2D eigenvalue weighted by Gasteiger charge is -2.10. The molecule has 118 valence electrons. The minimum atomic E-state index is -0.0153. The van der Waals surface area contributed by atoms with Crippen molar-refractivity contribution in [2.45, 2.75) is 13.3 Å². The molecule has 0 saturated carbocycles. The van der Waals surface area contributed by atoms with Gasteiger partial charge in [-0.15, -0.1) is 0 Å². The summed E-state index contributed by atoms with van der Waals surface area (Å²) in [6, 6.07) is 21.8. The van der Waals surface area contributed by atoms with Gasteiger partial charge in [0.2, 0.25) is 0 Å². The van der Waals surface area contributed by atoms with Crippen LogP contribution in [0.4, 0.5) is 0 Å². The first-order chi connectivity index (χ1) is 11.7. The smallest absolute Gasteiger partial charge is 0.255 e. The Balaban J connectivity index is 1.90. The van der Waals surface area contributed by atoms with Gasteiger partial charge >= 0.3 is 0 Å². The number of aryl methyl sites for hydroxylation is 1. The predicted octanol–water partition coefficient (Wildman–Crippen LogP) is 4.22. The molecule has 0 amide bonds. The second kappa shape index (κ2) is 5.85. The van der Waals surface area contributed by atoms with Gasteiger partial charge in [-0.25, -0.2) is 0 Å². The zero-order valence-corrected chi connectivity index (χ0v) is 13.5. The van der Waals surface area contributed by atoms with E-state index in [4.69, 9.17) is 0 Å². The monoisotopic (exact) mass is 314 g/mol. The Morgan fingerprint density at radius 1 is 0.917 bits per heavy atom. The number of rotatable bonds is 3. The van der Waals surface area contributed by atoms with Gasteiger partial charge < -0.3 is 4.98 Å². The van der Waals surface area contributed by atoms with Crippen molar-refractivity contribution in [1.82, 2.24) is 9.55 Å². The second-order valence-electron chi connectivity index (χ2n) is 6.08. The number of H-pyrrole nitrogens is 1. The molecule has 1 N–H and O–H groups in total. The summed E-state index contributed by atoms with van der Waals surface area (Å²) in [5.41, 5.74) is 6.40. The summed E-state index contributed by atoms with van der Waals surface area (Å²) in [4.78, 5) is 15.8. The zero-order valence-electron chi connectivity index (χ0n) is 13.5. The Morgan fingerprint density at radius 2 is 1.67 bits per heavy atom. The van der Waals surface area contributed by atoms with Crippen LogP contribution in [0.15, 0.2) is 77.7 Å². The van der Waals surface area contributed by atoms with E-state index < -0.39 is 0 Å². The van der Waals surface area contributed by atoms with Crippen molar-refractivity contribution in [2.24, 2.45) is 0 Å². The number of para-hydroxylation sites is 1. The SMILES string of the molecule is Cc1ccc(Cc2c[nH]c3ccc(=O)n(-c4ccccc4)c23)cc1. The summed E-state index contributed by atoms with van der Waals surface area (Å²) < 4.78 is 1.79. The van der Waals surface area contributed by atoms with E-state index in [1.807, 2.05) is 42.6 Å². The summed E-state index contributed by atoms with van der Waals surface area (Å²) in [5, 5.41) is 0. The summed E-state index contributed by atoms with van der Waals surface area (Å²) in [5.74, 6) is 0. The van der Waals surface area contributed by atoms with E-state index in [9.17, 15) is 4.79 Å². The van der Waals surface area contributed by atoms with Crippen molar-refractivity contribution < 1.29 is 0 Å². The van der Waals surface area contributed by atoms with Gasteiger partial charge in [0, 0.05) is 24.4 Å². The molecule has 2 aromatic heterocycles. The van der Waals surface area contributed by atoms with Crippen molar-refractivity contribution in [3.8, 4) is 5.69 Å². The summed E-state index contributed by atoms with van der Waals surface area (Å²) in [6.45, 7) is 2.09. The third kappa shape index (κ3) is 2.54. The maximum atomic E-state index is 12.5. The van der Waals surface area contributed by atoms with Crippen LogP contribution >= 0.6 is 0 Å². The van der Waals surface area contributed by atoms with E-state index in [1.54, 1.807) is 10.6 Å². The summed E-state index contributed by atoms with van der Waals surface area (Å²) >= 11 is 0. The lowest BCUT2D eigenvalue weighted by molar-refractivity contribution is 1.03. The molecule has 0 spiro atoms. The molecule has 0 fully saturated rings. The topological polar surface area (TPSA) is 37.8 Å². The largest absolute Gasteiger partial charge is 0.360 e. The number of benzene rings is 2.